The molecule has 1 aliphatic heterocycles. The SMILES string of the molecule is CC(C)NC(=O)Nc1ncnc2c1cnn2CCN1CCCCCC1.Cl. The molecule has 9 heteroatoms. The van der Waals surface area contributed by atoms with Gasteiger partial charge < -0.3 is 10.2 Å². The van der Waals surface area contributed by atoms with E-state index in [-0.39, 0.29) is 24.5 Å². The van der Waals surface area contributed by atoms with Gasteiger partial charge >= 0.3 is 6.03 Å². The highest BCUT2D eigenvalue weighted by atomic mass is 35.5. The Morgan fingerprint density at radius 2 is 1.88 bits per heavy atom. The molecule has 144 valence electrons. The summed E-state index contributed by atoms with van der Waals surface area (Å²) in [5, 5.41) is 10.8. The maximum Gasteiger partial charge on any atom is 0.320 e. The topological polar surface area (TPSA) is 88.0 Å². The Labute approximate surface area is 160 Å². The van der Waals surface area contributed by atoms with Gasteiger partial charge in [0.1, 0.15) is 12.1 Å². The fourth-order valence-corrected chi connectivity index (χ4v) is 3.16. The maximum absolute atomic E-state index is 11.9. The minimum atomic E-state index is -0.271. The van der Waals surface area contributed by atoms with Crippen molar-refractivity contribution in [2.24, 2.45) is 0 Å². The highest BCUT2D eigenvalue weighted by Crippen LogP contribution is 2.18. The van der Waals surface area contributed by atoms with Crippen LogP contribution in [-0.2, 0) is 6.54 Å². The molecule has 2 aromatic rings. The lowest BCUT2D eigenvalue weighted by Crippen LogP contribution is -2.34. The van der Waals surface area contributed by atoms with Crippen molar-refractivity contribution in [3.63, 3.8) is 0 Å². The van der Waals surface area contributed by atoms with Gasteiger partial charge in [0.2, 0.25) is 0 Å². The molecule has 0 unspecified atom stereocenters. The number of hydrogen-bond acceptors (Lipinski definition) is 5. The zero-order valence-electron chi connectivity index (χ0n) is 15.4. The monoisotopic (exact) mass is 381 g/mol. The highest BCUT2D eigenvalue weighted by molar-refractivity contribution is 5.97. The summed E-state index contributed by atoms with van der Waals surface area (Å²) in [5.74, 6) is 0.490. The molecule has 2 amide bonds. The van der Waals surface area contributed by atoms with Crippen LogP contribution in [0.5, 0.6) is 0 Å². The van der Waals surface area contributed by atoms with E-state index in [1.807, 2.05) is 18.5 Å². The van der Waals surface area contributed by atoms with Crippen LogP contribution in [0.15, 0.2) is 12.5 Å². The van der Waals surface area contributed by atoms with Crippen LogP contribution in [0, 0.1) is 0 Å². The smallest absolute Gasteiger partial charge is 0.320 e. The predicted octanol–water partition coefficient (Wildman–Crippen LogP) is 2.65. The molecule has 0 atom stereocenters. The fraction of sp³-hybridized carbons (Fsp3) is 0.647. The van der Waals surface area contributed by atoms with E-state index in [1.54, 1.807) is 6.20 Å². The Kier molecular flexibility index (Phi) is 7.59. The van der Waals surface area contributed by atoms with Crippen molar-refractivity contribution in [3.8, 4) is 0 Å². The van der Waals surface area contributed by atoms with Gasteiger partial charge in [0.05, 0.1) is 18.1 Å². The Balaban J connectivity index is 0.00000243. The first-order chi connectivity index (χ1) is 12.1. The van der Waals surface area contributed by atoms with E-state index < -0.39 is 0 Å². The predicted molar refractivity (Wildman–Crippen MR) is 105 cm³/mol. The van der Waals surface area contributed by atoms with Gasteiger partial charge in [-0.2, -0.15) is 5.10 Å². The normalized spacial score (nSPS) is 15.5. The van der Waals surface area contributed by atoms with Crippen LogP contribution < -0.4 is 10.6 Å². The highest BCUT2D eigenvalue weighted by Gasteiger charge is 2.14. The second kappa shape index (κ2) is 9.68. The number of nitrogens with one attached hydrogen (secondary N) is 2. The van der Waals surface area contributed by atoms with Crippen molar-refractivity contribution in [3.05, 3.63) is 12.5 Å². The van der Waals surface area contributed by atoms with Gasteiger partial charge in [0, 0.05) is 12.6 Å². The summed E-state index contributed by atoms with van der Waals surface area (Å²) in [6, 6.07) is -0.207. The minimum Gasteiger partial charge on any atom is -0.336 e. The largest absolute Gasteiger partial charge is 0.336 e. The lowest BCUT2D eigenvalue weighted by atomic mass is 10.2. The first-order valence-electron chi connectivity index (χ1n) is 9.10. The number of carbonyl (C=O) groups is 1. The average molecular weight is 382 g/mol. The Morgan fingerprint density at radius 1 is 1.15 bits per heavy atom. The molecular formula is C17H28ClN7O. The molecule has 3 rings (SSSR count). The molecule has 0 bridgehead atoms. The number of anilines is 1. The molecule has 3 heterocycles. The molecule has 8 nitrogen and oxygen atoms in total. The Hall–Kier alpha value is -1.93. The molecule has 0 spiro atoms. The maximum atomic E-state index is 11.9. The van der Waals surface area contributed by atoms with Crippen molar-refractivity contribution in [1.82, 2.24) is 30.0 Å². The molecule has 1 fully saturated rings. The van der Waals surface area contributed by atoms with Gasteiger partial charge in [-0.25, -0.2) is 19.4 Å². The fourth-order valence-electron chi connectivity index (χ4n) is 3.16. The number of fused-ring (bicyclic) bond motifs is 1. The number of carbonyl (C=O) groups excluding carboxylic acids is 1. The van der Waals surface area contributed by atoms with E-state index in [4.69, 9.17) is 0 Å². The van der Waals surface area contributed by atoms with Crippen molar-refractivity contribution in [2.45, 2.75) is 52.1 Å². The zero-order valence-corrected chi connectivity index (χ0v) is 16.3. The minimum absolute atomic E-state index is 0. The summed E-state index contributed by atoms with van der Waals surface area (Å²) in [7, 11) is 0. The van der Waals surface area contributed by atoms with Crippen molar-refractivity contribution in [1.29, 1.82) is 0 Å². The van der Waals surface area contributed by atoms with Gasteiger partial charge in [-0.3, -0.25) is 5.32 Å². The van der Waals surface area contributed by atoms with Gasteiger partial charge in [0.15, 0.2) is 5.65 Å². The number of rotatable bonds is 5. The Morgan fingerprint density at radius 3 is 2.58 bits per heavy atom. The number of halogens is 1. The standard InChI is InChI=1S/C17H27N7O.ClH/c1-13(2)21-17(25)22-15-14-11-20-24(16(14)19-12-18-15)10-9-23-7-5-3-4-6-8-23;/h11-13H,3-10H2,1-2H3,(H2,18,19,21,22,25);1H. The lowest BCUT2D eigenvalue weighted by Gasteiger charge is -2.19. The van der Waals surface area contributed by atoms with E-state index in [0.717, 1.165) is 37.2 Å². The van der Waals surface area contributed by atoms with Crippen molar-refractivity contribution in [2.75, 3.05) is 25.0 Å². The quantitative estimate of drug-likeness (QED) is 0.831. The number of nitrogens with zero attached hydrogens (tertiary/aromatic N) is 5. The summed E-state index contributed by atoms with van der Waals surface area (Å²) < 4.78 is 1.90. The molecule has 0 aromatic carbocycles. The first-order valence-corrected chi connectivity index (χ1v) is 9.10. The van der Waals surface area contributed by atoms with Gasteiger partial charge in [-0.1, -0.05) is 12.8 Å². The number of hydrogen-bond donors (Lipinski definition) is 2. The molecule has 1 aliphatic rings. The first kappa shape index (κ1) is 20.4. The summed E-state index contributed by atoms with van der Waals surface area (Å²) in [5.41, 5.74) is 0.754. The third kappa shape index (κ3) is 5.28. The molecule has 0 saturated carbocycles. The van der Waals surface area contributed by atoms with Crippen molar-refractivity contribution < 1.29 is 4.79 Å². The molecule has 2 N–H and O–H groups in total. The third-order valence-electron chi connectivity index (χ3n) is 4.41. The van der Waals surface area contributed by atoms with Crippen LogP contribution in [0.2, 0.25) is 0 Å². The van der Waals surface area contributed by atoms with Crippen LogP contribution >= 0.6 is 12.4 Å². The van der Waals surface area contributed by atoms with Gasteiger partial charge in [-0.05, 0) is 39.8 Å². The van der Waals surface area contributed by atoms with E-state index in [9.17, 15) is 4.79 Å². The van der Waals surface area contributed by atoms with E-state index in [2.05, 4.69) is 30.6 Å². The Bertz CT molecular complexity index is 710. The van der Waals surface area contributed by atoms with Crippen LogP contribution in [0.4, 0.5) is 10.6 Å². The molecule has 1 saturated heterocycles. The molecule has 2 aromatic heterocycles. The third-order valence-corrected chi connectivity index (χ3v) is 4.41. The second-order valence-corrected chi connectivity index (χ2v) is 6.84. The van der Waals surface area contributed by atoms with Gasteiger partial charge in [-0.15, -0.1) is 12.4 Å². The van der Waals surface area contributed by atoms with E-state index in [0.29, 0.717) is 5.82 Å². The van der Waals surface area contributed by atoms with Crippen molar-refractivity contribution >= 4 is 35.3 Å². The molecule has 0 aliphatic carbocycles. The average Bonchev–Trinajstić information content (AvgIpc) is 2.81. The van der Waals surface area contributed by atoms with E-state index >= 15 is 0 Å². The number of aromatic nitrogens is 4. The summed E-state index contributed by atoms with van der Waals surface area (Å²) in [4.78, 5) is 23.0. The van der Waals surface area contributed by atoms with E-state index in [1.165, 1.54) is 32.0 Å². The molecule has 0 radical (unpaired) electrons. The molecule has 26 heavy (non-hydrogen) atoms. The summed E-state index contributed by atoms with van der Waals surface area (Å²) in [6.45, 7) is 7.91. The van der Waals surface area contributed by atoms with Crippen LogP contribution in [0.25, 0.3) is 11.0 Å². The molecular weight excluding hydrogens is 354 g/mol. The second-order valence-electron chi connectivity index (χ2n) is 6.84. The number of likely N-dealkylation sites (tertiary alicyclic amines) is 1. The van der Waals surface area contributed by atoms with Gasteiger partial charge in [0.25, 0.3) is 0 Å². The van der Waals surface area contributed by atoms with Crippen LogP contribution in [-0.4, -0.2) is 56.4 Å². The number of amides is 2. The summed E-state index contributed by atoms with van der Waals surface area (Å²) in [6.07, 6.45) is 8.42. The van der Waals surface area contributed by atoms with Crippen LogP contribution in [0.3, 0.4) is 0 Å². The summed E-state index contributed by atoms with van der Waals surface area (Å²) >= 11 is 0. The van der Waals surface area contributed by atoms with Crippen LogP contribution in [0.1, 0.15) is 39.5 Å². The number of urea groups is 1. The zero-order chi connectivity index (χ0) is 17.6. The lowest BCUT2D eigenvalue weighted by molar-refractivity contribution is 0.250.